The molecule has 0 radical (unpaired) electrons. The lowest BCUT2D eigenvalue weighted by Gasteiger charge is -2.01. The lowest BCUT2D eigenvalue weighted by atomic mass is 10.2. The van der Waals surface area contributed by atoms with E-state index in [4.69, 9.17) is 5.11 Å². The number of aryl methyl sites for hydroxylation is 1. The first-order valence-electron chi connectivity index (χ1n) is 5.77. The highest BCUT2D eigenvalue weighted by atomic mass is 32.1. The van der Waals surface area contributed by atoms with Crippen LogP contribution in [0.4, 0.5) is 5.69 Å². The summed E-state index contributed by atoms with van der Waals surface area (Å²) in [4.78, 5) is 13.5. The van der Waals surface area contributed by atoms with Gasteiger partial charge in [-0.2, -0.15) is 0 Å². The van der Waals surface area contributed by atoms with Crippen molar-refractivity contribution in [2.45, 2.75) is 6.92 Å². The Labute approximate surface area is 115 Å². The molecule has 0 unspecified atom stereocenters. The third-order valence-electron chi connectivity index (χ3n) is 2.45. The summed E-state index contributed by atoms with van der Waals surface area (Å²) in [7, 11) is 0. The molecule has 0 spiro atoms. The van der Waals surface area contributed by atoms with Crippen molar-refractivity contribution in [3.63, 3.8) is 0 Å². The summed E-state index contributed by atoms with van der Waals surface area (Å²) in [5.41, 5.74) is 1.71. The van der Waals surface area contributed by atoms with Crippen LogP contribution >= 0.6 is 11.3 Å². The molecule has 1 aromatic heterocycles. The number of amides is 1. The minimum atomic E-state index is -0.178. The van der Waals surface area contributed by atoms with Gasteiger partial charge in [0, 0.05) is 5.69 Å². The van der Waals surface area contributed by atoms with Crippen molar-refractivity contribution >= 4 is 22.9 Å². The lowest BCUT2D eigenvalue weighted by Crippen LogP contribution is -2.09. The number of hydrogen-bond acceptors (Lipinski definition) is 3. The van der Waals surface area contributed by atoms with Gasteiger partial charge in [0.1, 0.15) is 6.61 Å². The van der Waals surface area contributed by atoms with Crippen LogP contribution in [0.2, 0.25) is 0 Å². The molecule has 1 aromatic carbocycles. The van der Waals surface area contributed by atoms with E-state index in [-0.39, 0.29) is 12.5 Å². The van der Waals surface area contributed by atoms with Gasteiger partial charge < -0.3 is 10.4 Å². The van der Waals surface area contributed by atoms with Crippen molar-refractivity contribution in [3.05, 3.63) is 51.7 Å². The highest BCUT2D eigenvalue weighted by Crippen LogP contribution is 2.22. The van der Waals surface area contributed by atoms with E-state index in [1.807, 2.05) is 43.3 Å². The fraction of sp³-hybridized carbons (Fsp3) is 0.133. The molecule has 96 valence electrons. The molecule has 0 saturated heterocycles. The van der Waals surface area contributed by atoms with E-state index in [1.165, 1.54) is 11.3 Å². The van der Waals surface area contributed by atoms with Crippen molar-refractivity contribution in [2.75, 3.05) is 11.9 Å². The number of thiophene rings is 1. The molecule has 2 N–H and O–H groups in total. The monoisotopic (exact) mass is 271 g/mol. The van der Waals surface area contributed by atoms with Crippen LogP contribution in [0.5, 0.6) is 0 Å². The average molecular weight is 271 g/mol. The van der Waals surface area contributed by atoms with Gasteiger partial charge in [-0.05, 0) is 30.7 Å². The van der Waals surface area contributed by atoms with Gasteiger partial charge in [-0.15, -0.1) is 11.3 Å². The Kier molecular flexibility index (Phi) is 4.35. The van der Waals surface area contributed by atoms with E-state index >= 15 is 0 Å². The molecular formula is C15H13NO2S. The molecule has 19 heavy (non-hydrogen) atoms. The number of rotatable bonds is 2. The second-order valence-electron chi connectivity index (χ2n) is 3.90. The minimum absolute atomic E-state index is 0.142. The number of benzene rings is 1. The van der Waals surface area contributed by atoms with Crippen molar-refractivity contribution in [1.29, 1.82) is 0 Å². The van der Waals surface area contributed by atoms with Gasteiger partial charge in [0.25, 0.3) is 5.91 Å². The molecular weight excluding hydrogens is 258 g/mol. The Balaban J connectivity index is 2.16. The number of hydrogen-bond donors (Lipinski definition) is 2. The fourth-order valence-corrected chi connectivity index (χ4v) is 2.49. The second kappa shape index (κ2) is 6.19. The van der Waals surface area contributed by atoms with Gasteiger partial charge in [0.2, 0.25) is 0 Å². The maximum absolute atomic E-state index is 12.1. The maximum atomic E-state index is 12.1. The molecule has 0 fully saturated rings. The van der Waals surface area contributed by atoms with E-state index in [9.17, 15) is 4.79 Å². The zero-order valence-corrected chi connectivity index (χ0v) is 11.3. The van der Waals surface area contributed by atoms with Gasteiger partial charge in [0.05, 0.1) is 9.75 Å². The number of carbonyl (C=O) groups excluding carboxylic acids is 1. The van der Waals surface area contributed by atoms with Gasteiger partial charge in [0.15, 0.2) is 0 Å². The highest BCUT2D eigenvalue weighted by molar-refractivity contribution is 7.14. The first-order chi connectivity index (χ1) is 9.20. The predicted molar refractivity (Wildman–Crippen MR) is 77.4 cm³/mol. The molecule has 3 nitrogen and oxygen atoms in total. The average Bonchev–Trinajstić information content (AvgIpc) is 2.79. The summed E-state index contributed by atoms with van der Waals surface area (Å²) >= 11 is 1.33. The van der Waals surface area contributed by atoms with Crippen LogP contribution in [0, 0.1) is 18.8 Å². The number of aliphatic hydroxyl groups excluding tert-OH is 1. The standard InChI is InChI=1S/C15H13NO2S/c1-11-10-14(19-13(11)8-5-9-17)15(18)16-12-6-3-2-4-7-12/h2-4,6-7,10,17H,9H2,1H3,(H,16,18). The van der Waals surface area contributed by atoms with Crippen LogP contribution in [0.1, 0.15) is 20.1 Å². The Hall–Kier alpha value is -2.09. The third kappa shape index (κ3) is 3.44. The van der Waals surface area contributed by atoms with Gasteiger partial charge in [-0.1, -0.05) is 30.0 Å². The fourth-order valence-electron chi connectivity index (χ4n) is 1.55. The molecule has 0 aliphatic carbocycles. The van der Waals surface area contributed by atoms with E-state index < -0.39 is 0 Å². The first kappa shape index (κ1) is 13.3. The molecule has 1 amide bonds. The summed E-state index contributed by atoms with van der Waals surface area (Å²) in [5, 5.41) is 11.5. The minimum Gasteiger partial charge on any atom is -0.384 e. The molecule has 0 aliphatic rings. The van der Waals surface area contributed by atoms with Crippen LogP contribution < -0.4 is 5.32 Å². The number of anilines is 1. The Morgan fingerprint density at radius 1 is 1.37 bits per heavy atom. The number of para-hydroxylation sites is 1. The van der Waals surface area contributed by atoms with Crippen LogP contribution in [0.15, 0.2) is 36.4 Å². The van der Waals surface area contributed by atoms with E-state index in [2.05, 4.69) is 17.2 Å². The summed E-state index contributed by atoms with van der Waals surface area (Å²) < 4.78 is 0. The molecule has 2 aromatic rings. The summed E-state index contributed by atoms with van der Waals surface area (Å²) in [6.45, 7) is 1.72. The quantitative estimate of drug-likeness (QED) is 0.825. The van der Waals surface area contributed by atoms with Crippen molar-refractivity contribution in [1.82, 2.24) is 0 Å². The summed E-state index contributed by atoms with van der Waals surface area (Å²) in [6.07, 6.45) is 0. The lowest BCUT2D eigenvalue weighted by molar-refractivity contribution is 0.103. The van der Waals surface area contributed by atoms with E-state index in [0.717, 1.165) is 16.1 Å². The Morgan fingerprint density at radius 3 is 2.79 bits per heavy atom. The zero-order chi connectivity index (χ0) is 13.7. The normalized spacial score (nSPS) is 9.58. The highest BCUT2D eigenvalue weighted by Gasteiger charge is 2.11. The van der Waals surface area contributed by atoms with Gasteiger partial charge in [-0.3, -0.25) is 4.79 Å². The summed E-state index contributed by atoms with van der Waals surface area (Å²) in [6, 6.07) is 11.1. The summed E-state index contributed by atoms with van der Waals surface area (Å²) in [5.74, 6) is 5.29. The Bertz CT molecular complexity index is 635. The predicted octanol–water partition coefficient (Wildman–Crippen LogP) is 2.65. The molecule has 0 saturated carbocycles. The second-order valence-corrected chi connectivity index (χ2v) is 4.96. The van der Waals surface area contributed by atoms with Crippen LogP contribution in [0.3, 0.4) is 0 Å². The van der Waals surface area contributed by atoms with Gasteiger partial charge in [-0.25, -0.2) is 0 Å². The van der Waals surface area contributed by atoms with Crippen LogP contribution in [0.25, 0.3) is 0 Å². The number of aliphatic hydroxyl groups is 1. The molecule has 1 heterocycles. The van der Waals surface area contributed by atoms with Crippen LogP contribution in [-0.4, -0.2) is 17.6 Å². The number of carbonyl (C=O) groups is 1. The van der Waals surface area contributed by atoms with Crippen molar-refractivity contribution in [2.24, 2.45) is 0 Å². The van der Waals surface area contributed by atoms with E-state index in [1.54, 1.807) is 0 Å². The number of nitrogens with one attached hydrogen (secondary N) is 1. The SMILES string of the molecule is Cc1cc(C(=O)Nc2ccccc2)sc1C#CCO. The largest absolute Gasteiger partial charge is 0.384 e. The molecule has 2 rings (SSSR count). The topological polar surface area (TPSA) is 49.3 Å². The first-order valence-corrected chi connectivity index (χ1v) is 6.59. The Morgan fingerprint density at radius 2 is 2.11 bits per heavy atom. The maximum Gasteiger partial charge on any atom is 0.265 e. The van der Waals surface area contributed by atoms with Gasteiger partial charge >= 0.3 is 0 Å². The third-order valence-corrected chi connectivity index (χ3v) is 3.61. The smallest absolute Gasteiger partial charge is 0.265 e. The van der Waals surface area contributed by atoms with Crippen molar-refractivity contribution < 1.29 is 9.90 Å². The molecule has 0 aliphatic heterocycles. The van der Waals surface area contributed by atoms with E-state index in [0.29, 0.717) is 4.88 Å². The van der Waals surface area contributed by atoms with Crippen molar-refractivity contribution in [3.8, 4) is 11.8 Å². The van der Waals surface area contributed by atoms with Crippen LogP contribution in [-0.2, 0) is 0 Å². The molecule has 0 atom stereocenters. The molecule has 4 heteroatoms. The zero-order valence-electron chi connectivity index (χ0n) is 10.4. The molecule has 0 bridgehead atoms.